The lowest BCUT2D eigenvalue weighted by Gasteiger charge is -2.47. The third kappa shape index (κ3) is 8.68. The van der Waals surface area contributed by atoms with E-state index in [9.17, 15) is 9.59 Å². The maximum absolute atomic E-state index is 12.7. The van der Waals surface area contributed by atoms with Crippen LogP contribution in [0.4, 0.5) is 11.4 Å². The Hall–Kier alpha value is -3.14. The molecule has 4 N–H and O–H groups in total. The second-order valence-electron chi connectivity index (χ2n) is 10.1. The fraction of sp³-hybridized carbons (Fsp3) is 0.483. The average Bonchev–Trinajstić information content (AvgIpc) is 2.93. The number of hydrogen-bond acceptors (Lipinski definition) is 7. The van der Waals surface area contributed by atoms with Gasteiger partial charge in [0.15, 0.2) is 0 Å². The summed E-state index contributed by atoms with van der Waals surface area (Å²) in [6.45, 7) is 7.89. The van der Waals surface area contributed by atoms with Crippen molar-refractivity contribution in [3.63, 3.8) is 0 Å². The predicted octanol–water partition coefficient (Wildman–Crippen LogP) is 3.19. The van der Waals surface area contributed by atoms with Gasteiger partial charge in [-0.05, 0) is 62.1 Å². The van der Waals surface area contributed by atoms with Crippen LogP contribution in [0.15, 0.2) is 54.6 Å². The molecule has 2 atom stereocenters. The Bertz CT molecular complexity index is 1080. The van der Waals surface area contributed by atoms with Crippen LogP contribution < -0.4 is 16.0 Å². The van der Waals surface area contributed by atoms with Crippen LogP contribution in [-0.4, -0.2) is 86.0 Å². The maximum atomic E-state index is 12.7. The fourth-order valence-corrected chi connectivity index (χ4v) is 5.62. The number of amidine groups is 1. The van der Waals surface area contributed by atoms with Crippen LogP contribution in [0.1, 0.15) is 31.7 Å². The summed E-state index contributed by atoms with van der Waals surface area (Å²) >= 11 is 0. The molecule has 2 unspecified atom stereocenters. The molecule has 2 aromatic rings. The van der Waals surface area contributed by atoms with Gasteiger partial charge in [0.25, 0.3) is 0 Å². The van der Waals surface area contributed by atoms with Crippen molar-refractivity contribution in [1.82, 2.24) is 9.80 Å². The quantitative estimate of drug-likeness (QED) is 0.234. The molecule has 0 aromatic heterocycles. The molecule has 0 spiro atoms. The molecule has 2 aliphatic heterocycles. The second-order valence-corrected chi connectivity index (χ2v) is 10.1. The smallest absolute Gasteiger partial charge is 0.320 e. The average molecular weight is 557 g/mol. The van der Waals surface area contributed by atoms with Crippen LogP contribution >= 0.6 is 12.4 Å². The van der Waals surface area contributed by atoms with Gasteiger partial charge in [0.2, 0.25) is 5.91 Å². The molecule has 212 valence electrons. The van der Waals surface area contributed by atoms with Crippen LogP contribution in [0.25, 0.3) is 0 Å². The van der Waals surface area contributed by atoms with Gasteiger partial charge in [0.05, 0.1) is 13.2 Å². The Morgan fingerprint density at radius 1 is 1.03 bits per heavy atom. The number of carbonyl (C=O) groups excluding carboxylic acids is 2. The molecule has 4 rings (SSSR count). The molecule has 1 amide bonds. The summed E-state index contributed by atoms with van der Waals surface area (Å²) in [5.74, 6) is 0.215. The molecule has 0 bridgehead atoms. The number of anilines is 2. The molecule has 2 heterocycles. The monoisotopic (exact) mass is 556 g/mol. The Kier molecular flexibility index (Phi) is 11.6. The summed E-state index contributed by atoms with van der Waals surface area (Å²) in [6.07, 6.45) is 2.19. The van der Waals surface area contributed by atoms with Crippen molar-refractivity contribution in [3.05, 3.63) is 60.2 Å². The first kappa shape index (κ1) is 30.4. The van der Waals surface area contributed by atoms with Gasteiger partial charge in [-0.1, -0.05) is 18.2 Å². The Morgan fingerprint density at radius 3 is 2.36 bits per heavy atom. The van der Waals surface area contributed by atoms with Gasteiger partial charge < -0.3 is 20.7 Å². The summed E-state index contributed by atoms with van der Waals surface area (Å²) in [5.41, 5.74) is 8.30. The van der Waals surface area contributed by atoms with Crippen molar-refractivity contribution in [2.75, 3.05) is 62.6 Å². The van der Waals surface area contributed by atoms with Crippen molar-refractivity contribution in [3.8, 4) is 0 Å². The number of halogens is 1. The van der Waals surface area contributed by atoms with Crippen LogP contribution in [0.3, 0.4) is 0 Å². The number of ether oxygens (including phenoxy) is 1. The second kappa shape index (κ2) is 14.9. The number of piperidine rings is 1. The van der Waals surface area contributed by atoms with E-state index in [2.05, 4.69) is 20.0 Å². The van der Waals surface area contributed by atoms with E-state index in [0.717, 1.165) is 69.0 Å². The molecule has 2 saturated heterocycles. The molecule has 0 radical (unpaired) electrons. The van der Waals surface area contributed by atoms with Crippen LogP contribution in [-0.2, 0) is 14.3 Å². The molecule has 39 heavy (non-hydrogen) atoms. The summed E-state index contributed by atoms with van der Waals surface area (Å²) in [4.78, 5) is 32.0. The predicted molar refractivity (Wildman–Crippen MR) is 158 cm³/mol. The third-order valence-corrected chi connectivity index (χ3v) is 7.56. The molecule has 0 aliphatic carbocycles. The van der Waals surface area contributed by atoms with E-state index >= 15 is 0 Å². The van der Waals surface area contributed by atoms with E-state index in [0.29, 0.717) is 31.5 Å². The molecule has 2 fully saturated rings. The number of nitrogen functional groups attached to an aromatic ring is 1. The van der Waals surface area contributed by atoms with Crippen molar-refractivity contribution >= 4 is 41.5 Å². The summed E-state index contributed by atoms with van der Waals surface area (Å²) in [6, 6.07) is 17.8. The number of nitrogens with one attached hydrogen (secondary N) is 2. The number of amides is 1. The Morgan fingerprint density at radius 2 is 1.72 bits per heavy atom. The Balaban J connectivity index is 0.00000420. The van der Waals surface area contributed by atoms with Gasteiger partial charge in [0, 0.05) is 68.7 Å². The highest BCUT2D eigenvalue weighted by atomic mass is 35.5. The number of likely N-dealkylation sites (tertiary alicyclic amines) is 1. The molecular formula is C29H41ClN6O3. The highest BCUT2D eigenvalue weighted by molar-refractivity contribution is 5.95. The van der Waals surface area contributed by atoms with Gasteiger partial charge in [-0.3, -0.25) is 24.8 Å². The van der Waals surface area contributed by atoms with Crippen LogP contribution in [0, 0.1) is 11.3 Å². The number of rotatable bonds is 10. The number of esters is 1. The zero-order valence-electron chi connectivity index (χ0n) is 22.7. The van der Waals surface area contributed by atoms with Crippen LogP contribution in [0.2, 0.25) is 0 Å². The number of nitrogens with two attached hydrogens (primary N) is 1. The van der Waals surface area contributed by atoms with Gasteiger partial charge >= 0.3 is 5.97 Å². The first-order valence-corrected chi connectivity index (χ1v) is 13.6. The first-order valence-electron chi connectivity index (χ1n) is 13.6. The fourth-order valence-electron chi connectivity index (χ4n) is 5.62. The first-order chi connectivity index (χ1) is 18.4. The van der Waals surface area contributed by atoms with Crippen LogP contribution in [0.5, 0.6) is 0 Å². The number of piperazine rings is 1. The minimum atomic E-state index is -0.184. The van der Waals surface area contributed by atoms with Crippen molar-refractivity contribution in [1.29, 1.82) is 5.41 Å². The molecule has 0 saturated carbocycles. The number of para-hydroxylation sites is 1. The lowest BCUT2D eigenvalue weighted by atomic mass is 9.86. The molecule has 2 aromatic carbocycles. The summed E-state index contributed by atoms with van der Waals surface area (Å²) in [7, 11) is 0. The SMILES string of the molecule is CCOC(=O)CN1CCC(N2CCN(c3ccc(C(=N)N)cc3)CC2)C(CCC(=O)Nc2ccccc2)C1.Cl. The van der Waals surface area contributed by atoms with E-state index in [-0.39, 0.29) is 30.1 Å². The lowest BCUT2D eigenvalue weighted by molar-refractivity contribution is -0.145. The zero-order chi connectivity index (χ0) is 26.9. The van der Waals surface area contributed by atoms with Gasteiger partial charge in [-0.15, -0.1) is 12.4 Å². The largest absolute Gasteiger partial charge is 0.465 e. The Labute approximate surface area is 237 Å². The maximum Gasteiger partial charge on any atom is 0.320 e. The molecule has 2 aliphatic rings. The van der Waals surface area contributed by atoms with Crippen molar-refractivity contribution in [2.45, 2.75) is 32.2 Å². The van der Waals surface area contributed by atoms with E-state index in [1.54, 1.807) is 0 Å². The highest BCUT2D eigenvalue weighted by Crippen LogP contribution is 2.28. The van der Waals surface area contributed by atoms with Gasteiger partial charge in [0.1, 0.15) is 5.84 Å². The normalized spacial score (nSPS) is 20.1. The van der Waals surface area contributed by atoms with E-state index < -0.39 is 0 Å². The minimum Gasteiger partial charge on any atom is -0.465 e. The summed E-state index contributed by atoms with van der Waals surface area (Å²) < 4.78 is 5.18. The van der Waals surface area contributed by atoms with Gasteiger partial charge in [-0.2, -0.15) is 0 Å². The number of hydrogen-bond donors (Lipinski definition) is 3. The van der Waals surface area contributed by atoms with Crippen molar-refractivity contribution < 1.29 is 14.3 Å². The number of carbonyl (C=O) groups is 2. The molecule has 9 nitrogen and oxygen atoms in total. The van der Waals surface area contributed by atoms with E-state index in [1.165, 1.54) is 0 Å². The highest BCUT2D eigenvalue weighted by Gasteiger charge is 2.35. The van der Waals surface area contributed by atoms with E-state index in [4.69, 9.17) is 15.9 Å². The molecular weight excluding hydrogens is 516 g/mol. The lowest BCUT2D eigenvalue weighted by Crippen LogP contribution is -2.57. The standard InChI is InChI=1S/C29H40N6O3.ClH/c1-2-38-28(37)21-33-15-14-26(23(20-33)10-13-27(36)32-24-6-4-3-5-7-24)35-18-16-34(17-19-35)25-11-8-22(9-12-25)29(30)31;/h3-9,11-12,23,26H,2,10,13-21H2,1H3,(H3,30,31)(H,32,36);1H. The number of nitrogens with zero attached hydrogens (tertiary/aromatic N) is 3. The van der Waals surface area contributed by atoms with E-state index in [1.807, 2.05) is 61.5 Å². The molecule has 10 heteroatoms. The minimum absolute atomic E-state index is 0. The van der Waals surface area contributed by atoms with Gasteiger partial charge in [-0.25, -0.2) is 0 Å². The van der Waals surface area contributed by atoms with Crippen molar-refractivity contribution in [2.24, 2.45) is 11.7 Å². The zero-order valence-corrected chi connectivity index (χ0v) is 23.5. The third-order valence-electron chi connectivity index (χ3n) is 7.56. The summed E-state index contributed by atoms with van der Waals surface area (Å²) in [5, 5.41) is 10.6. The topological polar surface area (TPSA) is 115 Å². The number of benzene rings is 2.